The van der Waals surface area contributed by atoms with Crippen molar-refractivity contribution in [1.29, 1.82) is 0 Å². The maximum atomic E-state index is 12.4. The van der Waals surface area contributed by atoms with Gasteiger partial charge in [-0.3, -0.25) is 4.79 Å². The summed E-state index contributed by atoms with van der Waals surface area (Å²) >= 11 is 7.59. The molecule has 0 radical (unpaired) electrons. The number of hydrogen-bond acceptors (Lipinski definition) is 6. The first-order chi connectivity index (χ1) is 16.0. The molecule has 0 bridgehead atoms. The van der Waals surface area contributed by atoms with Crippen LogP contribution in [0.5, 0.6) is 0 Å². The average Bonchev–Trinajstić information content (AvgIpc) is 3.21. The zero-order valence-electron chi connectivity index (χ0n) is 18.4. The number of Topliss-reactive ketones (excluding diaryl/α,β-unsaturated/α-hetero) is 1. The standard InChI is InChI=1S/C26H23ClN4OS/c1-18-8-14-23(15-9-18)31-26(33-25(29-31)19(2)32)17-16-24(20-10-12-21(27)13-11-20)28-30(26)22-6-4-3-5-7-22/h3-15H,16-17H2,1-2H3/t26-/m0/s1. The lowest BCUT2D eigenvalue weighted by Crippen LogP contribution is -2.56. The molecule has 5 nitrogen and oxygen atoms in total. The Morgan fingerprint density at radius 1 is 0.909 bits per heavy atom. The van der Waals surface area contributed by atoms with Gasteiger partial charge in [-0.05, 0) is 67.1 Å². The molecule has 2 aliphatic heterocycles. The molecule has 2 heterocycles. The molecule has 0 aromatic heterocycles. The normalized spacial score (nSPS) is 20.1. The summed E-state index contributed by atoms with van der Waals surface area (Å²) in [6, 6.07) is 26.0. The van der Waals surface area contributed by atoms with Gasteiger partial charge < -0.3 is 0 Å². The third-order valence-corrected chi connectivity index (χ3v) is 7.47. The van der Waals surface area contributed by atoms with E-state index in [-0.39, 0.29) is 5.78 Å². The van der Waals surface area contributed by atoms with Crippen molar-refractivity contribution in [2.75, 3.05) is 10.0 Å². The summed E-state index contributed by atoms with van der Waals surface area (Å²) in [5, 5.41) is 15.1. The van der Waals surface area contributed by atoms with Crippen molar-refractivity contribution < 1.29 is 4.79 Å². The van der Waals surface area contributed by atoms with Gasteiger partial charge in [-0.1, -0.05) is 59.6 Å². The molecular formula is C26H23ClN4OS. The minimum Gasteiger partial charge on any atom is -0.292 e. The van der Waals surface area contributed by atoms with E-state index in [2.05, 4.69) is 19.1 Å². The van der Waals surface area contributed by atoms with E-state index in [0.29, 0.717) is 10.1 Å². The zero-order chi connectivity index (χ0) is 23.0. The lowest BCUT2D eigenvalue weighted by Gasteiger charge is -2.46. The molecule has 1 atom stereocenters. The molecular weight excluding hydrogens is 452 g/mol. The van der Waals surface area contributed by atoms with Crippen LogP contribution in [0.4, 0.5) is 11.4 Å². The number of hydrogen-bond donors (Lipinski definition) is 0. The van der Waals surface area contributed by atoms with Gasteiger partial charge in [-0.15, -0.1) is 0 Å². The third-order valence-electron chi connectivity index (χ3n) is 5.78. The fourth-order valence-electron chi connectivity index (χ4n) is 4.07. The molecule has 166 valence electrons. The predicted molar refractivity (Wildman–Crippen MR) is 138 cm³/mol. The summed E-state index contributed by atoms with van der Waals surface area (Å²) in [5.74, 6) is -0.0468. The number of para-hydroxylation sites is 1. The van der Waals surface area contributed by atoms with E-state index in [4.69, 9.17) is 21.8 Å². The smallest absolute Gasteiger partial charge is 0.208 e. The number of carbonyl (C=O) groups is 1. The molecule has 1 spiro atoms. The summed E-state index contributed by atoms with van der Waals surface area (Å²) in [6.07, 6.45) is 1.46. The second kappa shape index (κ2) is 8.69. The van der Waals surface area contributed by atoms with E-state index in [1.54, 1.807) is 6.92 Å². The number of ketones is 1. The molecule has 33 heavy (non-hydrogen) atoms. The van der Waals surface area contributed by atoms with Gasteiger partial charge in [0.1, 0.15) is 0 Å². The number of carbonyl (C=O) groups excluding carboxylic acids is 1. The Morgan fingerprint density at radius 3 is 2.21 bits per heavy atom. The van der Waals surface area contributed by atoms with Crippen molar-refractivity contribution in [2.45, 2.75) is 31.7 Å². The van der Waals surface area contributed by atoms with Crippen LogP contribution in [0, 0.1) is 6.92 Å². The molecule has 2 aliphatic rings. The Hall–Kier alpha value is -3.09. The summed E-state index contributed by atoms with van der Waals surface area (Å²) in [4.78, 5) is 11.7. The summed E-state index contributed by atoms with van der Waals surface area (Å²) in [7, 11) is 0. The van der Waals surface area contributed by atoms with Crippen molar-refractivity contribution in [1.82, 2.24) is 0 Å². The van der Waals surface area contributed by atoms with Crippen molar-refractivity contribution in [2.24, 2.45) is 10.2 Å². The van der Waals surface area contributed by atoms with E-state index >= 15 is 0 Å². The molecule has 3 aromatic rings. The maximum absolute atomic E-state index is 12.4. The molecule has 3 aromatic carbocycles. The van der Waals surface area contributed by atoms with Crippen LogP contribution in [0.15, 0.2) is 89.1 Å². The number of anilines is 2. The Kier molecular flexibility index (Phi) is 5.72. The molecule has 0 aliphatic carbocycles. The third kappa shape index (κ3) is 4.05. The van der Waals surface area contributed by atoms with Crippen molar-refractivity contribution in [3.8, 4) is 0 Å². The molecule has 0 saturated heterocycles. The minimum atomic E-state index is -0.687. The van der Waals surface area contributed by atoms with Gasteiger partial charge in [0.2, 0.25) is 4.99 Å². The van der Waals surface area contributed by atoms with Crippen LogP contribution < -0.4 is 10.0 Å². The fraction of sp³-hybridized carbons (Fsp3) is 0.192. The largest absolute Gasteiger partial charge is 0.292 e. The minimum absolute atomic E-state index is 0.0468. The number of benzene rings is 3. The van der Waals surface area contributed by atoms with Gasteiger partial charge in [0.05, 0.1) is 17.1 Å². The maximum Gasteiger partial charge on any atom is 0.208 e. The molecule has 0 amide bonds. The monoisotopic (exact) mass is 474 g/mol. The van der Waals surface area contributed by atoms with E-state index in [0.717, 1.165) is 35.5 Å². The quantitative estimate of drug-likeness (QED) is 0.435. The van der Waals surface area contributed by atoms with E-state index in [1.807, 2.05) is 76.7 Å². The Morgan fingerprint density at radius 2 is 1.55 bits per heavy atom. The number of rotatable bonds is 4. The zero-order valence-corrected chi connectivity index (χ0v) is 20.0. The highest BCUT2D eigenvalue weighted by Gasteiger charge is 2.52. The molecule has 5 rings (SSSR count). The number of halogens is 1. The SMILES string of the molecule is CC(=O)C1=NN(c2ccc(C)cc2)[C@@]2(CCC(c3ccc(Cl)cc3)=NN2c2ccccc2)S1. The van der Waals surface area contributed by atoms with Gasteiger partial charge >= 0.3 is 0 Å². The highest BCUT2D eigenvalue weighted by Crippen LogP contribution is 2.50. The summed E-state index contributed by atoms with van der Waals surface area (Å²) in [6.45, 7) is 3.62. The van der Waals surface area contributed by atoms with Crippen molar-refractivity contribution in [3.63, 3.8) is 0 Å². The number of hydrazone groups is 2. The first-order valence-electron chi connectivity index (χ1n) is 10.8. The molecule has 0 fully saturated rings. The van der Waals surface area contributed by atoms with Crippen LogP contribution >= 0.6 is 23.4 Å². The average molecular weight is 475 g/mol. The Labute approximate surface area is 202 Å². The number of nitrogens with zero attached hydrogens (tertiary/aromatic N) is 4. The van der Waals surface area contributed by atoms with Crippen LogP contribution in [0.25, 0.3) is 0 Å². The van der Waals surface area contributed by atoms with Crippen LogP contribution in [0.2, 0.25) is 5.02 Å². The topological polar surface area (TPSA) is 48.3 Å². The van der Waals surface area contributed by atoms with Crippen LogP contribution in [0.3, 0.4) is 0 Å². The van der Waals surface area contributed by atoms with Gasteiger partial charge in [0.15, 0.2) is 10.8 Å². The number of thioether (sulfide) groups is 1. The van der Waals surface area contributed by atoms with Gasteiger partial charge in [0, 0.05) is 18.4 Å². The molecule has 7 heteroatoms. The Bertz CT molecular complexity index is 1240. The van der Waals surface area contributed by atoms with Crippen LogP contribution in [0.1, 0.15) is 30.9 Å². The summed E-state index contributed by atoms with van der Waals surface area (Å²) in [5.41, 5.74) is 5.04. The predicted octanol–water partition coefficient (Wildman–Crippen LogP) is 6.46. The highest BCUT2D eigenvalue weighted by molar-refractivity contribution is 8.17. The van der Waals surface area contributed by atoms with E-state index in [9.17, 15) is 4.79 Å². The second-order valence-corrected chi connectivity index (χ2v) is 9.84. The first-order valence-corrected chi connectivity index (χ1v) is 12.0. The summed E-state index contributed by atoms with van der Waals surface area (Å²) < 4.78 is 0. The molecule has 0 unspecified atom stereocenters. The number of aryl methyl sites for hydroxylation is 1. The first kappa shape index (κ1) is 21.7. The van der Waals surface area contributed by atoms with Gasteiger partial charge in [-0.2, -0.15) is 10.2 Å². The molecule has 0 saturated carbocycles. The van der Waals surface area contributed by atoms with Crippen LogP contribution in [-0.4, -0.2) is 21.5 Å². The highest BCUT2D eigenvalue weighted by atomic mass is 35.5. The molecule has 0 N–H and O–H groups in total. The Balaban J connectivity index is 1.66. The van der Waals surface area contributed by atoms with Gasteiger partial charge in [0.25, 0.3) is 0 Å². The fourth-order valence-corrected chi connectivity index (χ4v) is 5.45. The second-order valence-electron chi connectivity index (χ2n) is 8.15. The van der Waals surface area contributed by atoms with Crippen molar-refractivity contribution >= 4 is 51.3 Å². The van der Waals surface area contributed by atoms with E-state index in [1.165, 1.54) is 17.3 Å². The van der Waals surface area contributed by atoms with Gasteiger partial charge in [-0.25, -0.2) is 10.0 Å². The lowest BCUT2D eigenvalue weighted by molar-refractivity contribution is -0.110. The van der Waals surface area contributed by atoms with E-state index < -0.39 is 4.99 Å². The lowest BCUT2D eigenvalue weighted by atomic mass is 10.0. The van der Waals surface area contributed by atoms with Crippen molar-refractivity contribution in [3.05, 3.63) is 95.0 Å². The van der Waals surface area contributed by atoms with Crippen LogP contribution in [-0.2, 0) is 4.79 Å².